The molecule has 1 N–H and O–H groups in total. The molecule has 0 spiro atoms. The summed E-state index contributed by atoms with van der Waals surface area (Å²) >= 11 is 0. The molecule has 2 unspecified atom stereocenters. The van der Waals surface area contributed by atoms with E-state index in [1.54, 1.807) is 0 Å². The zero-order valence-electron chi connectivity index (χ0n) is 11.5. The lowest BCUT2D eigenvalue weighted by Gasteiger charge is -2.37. The summed E-state index contributed by atoms with van der Waals surface area (Å²) in [6, 6.07) is 8.27. The summed E-state index contributed by atoms with van der Waals surface area (Å²) in [6.45, 7) is 5.25. The van der Waals surface area contributed by atoms with Gasteiger partial charge >= 0.3 is 0 Å². The Kier molecular flexibility index (Phi) is 3.05. The number of hydrogen-bond donors (Lipinski definition) is 1. The van der Waals surface area contributed by atoms with Gasteiger partial charge in [0.1, 0.15) is 0 Å². The third-order valence-corrected chi connectivity index (χ3v) is 4.20. The SMILES string of the molecule is CC1CCC(C)N(C(=O)c2cccc3cc[nH]c23)C1. The molecule has 3 nitrogen and oxygen atoms in total. The number of nitrogens with zero attached hydrogens (tertiary/aromatic N) is 1. The second-order valence-corrected chi connectivity index (χ2v) is 5.74. The fourth-order valence-electron chi connectivity index (χ4n) is 2.99. The van der Waals surface area contributed by atoms with E-state index >= 15 is 0 Å². The highest BCUT2D eigenvalue weighted by molar-refractivity contribution is 6.05. The van der Waals surface area contributed by atoms with E-state index in [1.165, 1.54) is 6.42 Å². The van der Waals surface area contributed by atoms with E-state index < -0.39 is 0 Å². The van der Waals surface area contributed by atoms with Crippen LogP contribution in [-0.4, -0.2) is 28.4 Å². The van der Waals surface area contributed by atoms with Crippen LogP contribution in [0, 0.1) is 5.92 Å². The van der Waals surface area contributed by atoms with Crippen molar-refractivity contribution in [2.24, 2.45) is 5.92 Å². The molecule has 1 aromatic heterocycles. The number of likely N-dealkylation sites (tertiary alicyclic amines) is 1. The number of para-hydroxylation sites is 1. The Morgan fingerprint density at radius 2 is 2.11 bits per heavy atom. The van der Waals surface area contributed by atoms with Crippen LogP contribution >= 0.6 is 0 Å². The summed E-state index contributed by atoms with van der Waals surface area (Å²) in [7, 11) is 0. The van der Waals surface area contributed by atoms with Gasteiger partial charge < -0.3 is 9.88 Å². The van der Waals surface area contributed by atoms with Gasteiger partial charge in [-0.1, -0.05) is 19.1 Å². The van der Waals surface area contributed by atoms with E-state index in [-0.39, 0.29) is 5.91 Å². The molecule has 1 saturated heterocycles. The Morgan fingerprint density at radius 1 is 1.26 bits per heavy atom. The number of rotatable bonds is 1. The third-order valence-electron chi connectivity index (χ3n) is 4.20. The van der Waals surface area contributed by atoms with Gasteiger partial charge in [-0.2, -0.15) is 0 Å². The first-order valence-electron chi connectivity index (χ1n) is 7.04. The molecule has 1 amide bonds. The van der Waals surface area contributed by atoms with Gasteiger partial charge in [0.05, 0.1) is 11.1 Å². The van der Waals surface area contributed by atoms with Gasteiger partial charge in [-0.15, -0.1) is 0 Å². The van der Waals surface area contributed by atoms with Crippen molar-refractivity contribution in [1.29, 1.82) is 0 Å². The second-order valence-electron chi connectivity index (χ2n) is 5.74. The van der Waals surface area contributed by atoms with E-state index in [9.17, 15) is 4.79 Å². The number of benzene rings is 1. The number of aromatic nitrogens is 1. The monoisotopic (exact) mass is 256 g/mol. The predicted octanol–water partition coefficient (Wildman–Crippen LogP) is 3.43. The maximum atomic E-state index is 12.8. The Bertz CT molecular complexity index is 602. The fourth-order valence-corrected chi connectivity index (χ4v) is 2.99. The minimum absolute atomic E-state index is 0.159. The summed E-state index contributed by atoms with van der Waals surface area (Å²) < 4.78 is 0. The molecule has 0 bridgehead atoms. The van der Waals surface area contributed by atoms with Crippen molar-refractivity contribution < 1.29 is 4.79 Å². The van der Waals surface area contributed by atoms with Crippen LogP contribution in [0.4, 0.5) is 0 Å². The van der Waals surface area contributed by atoms with E-state index in [1.807, 2.05) is 35.4 Å². The zero-order valence-corrected chi connectivity index (χ0v) is 11.5. The van der Waals surface area contributed by atoms with Gasteiger partial charge in [-0.25, -0.2) is 0 Å². The number of nitrogens with one attached hydrogen (secondary N) is 1. The van der Waals surface area contributed by atoms with Crippen LogP contribution in [0.5, 0.6) is 0 Å². The molecule has 100 valence electrons. The molecular weight excluding hydrogens is 236 g/mol. The molecule has 1 aliphatic rings. The van der Waals surface area contributed by atoms with Crippen LogP contribution in [0.2, 0.25) is 0 Å². The van der Waals surface area contributed by atoms with E-state index in [4.69, 9.17) is 0 Å². The molecule has 2 atom stereocenters. The first-order valence-corrected chi connectivity index (χ1v) is 7.04. The lowest BCUT2D eigenvalue weighted by molar-refractivity contribution is 0.0576. The van der Waals surface area contributed by atoms with Crippen molar-refractivity contribution in [3.05, 3.63) is 36.0 Å². The molecule has 2 aromatic rings. The number of piperidine rings is 1. The summed E-state index contributed by atoms with van der Waals surface area (Å²) in [5, 5.41) is 1.10. The normalized spacial score (nSPS) is 23.8. The zero-order chi connectivity index (χ0) is 13.4. The number of amides is 1. The van der Waals surface area contributed by atoms with Gasteiger partial charge in [0.15, 0.2) is 0 Å². The van der Waals surface area contributed by atoms with Crippen LogP contribution in [0.25, 0.3) is 10.9 Å². The standard InChI is InChI=1S/C16H20N2O/c1-11-6-7-12(2)18(10-11)16(19)14-5-3-4-13-8-9-17-15(13)14/h3-5,8-9,11-12,17H,6-7,10H2,1-2H3. The highest BCUT2D eigenvalue weighted by atomic mass is 16.2. The van der Waals surface area contributed by atoms with Gasteiger partial charge in [0.25, 0.3) is 5.91 Å². The number of H-pyrrole nitrogens is 1. The average Bonchev–Trinajstić information content (AvgIpc) is 2.89. The minimum atomic E-state index is 0.159. The first-order chi connectivity index (χ1) is 9.16. The molecule has 0 aliphatic carbocycles. The Morgan fingerprint density at radius 3 is 2.95 bits per heavy atom. The summed E-state index contributed by atoms with van der Waals surface area (Å²) in [6.07, 6.45) is 4.22. The van der Waals surface area contributed by atoms with Crippen LogP contribution in [-0.2, 0) is 0 Å². The molecule has 1 aromatic carbocycles. The molecule has 1 aliphatic heterocycles. The van der Waals surface area contributed by atoms with Crippen molar-refractivity contribution in [3.63, 3.8) is 0 Å². The number of aromatic amines is 1. The summed E-state index contributed by atoms with van der Waals surface area (Å²) in [5.74, 6) is 0.759. The molecule has 0 radical (unpaired) electrons. The van der Waals surface area contributed by atoms with Crippen molar-refractivity contribution >= 4 is 16.8 Å². The van der Waals surface area contributed by atoms with Crippen LogP contribution in [0.1, 0.15) is 37.0 Å². The van der Waals surface area contributed by atoms with Crippen LogP contribution in [0.3, 0.4) is 0 Å². The highest BCUT2D eigenvalue weighted by Crippen LogP contribution is 2.25. The predicted molar refractivity (Wildman–Crippen MR) is 77.2 cm³/mol. The van der Waals surface area contributed by atoms with Crippen molar-refractivity contribution in [1.82, 2.24) is 9.88 Å². The molecule has 3 rings (SSSR count). The Balaban J connectivity index is 1.97. The first kappa shape index (κ1) is 12.3. The number of fused-ring (bicyclic) bond motifs is 1. The third kappa shape index (κ3) is 2.14. The van der Waals surface area contributed by atoms with Gasteiger partial charge in [0.2, 0.25) is 0 Å². The maximum absolute atomic E-state index is 12.8. The van der Waals surface area contributed by atoms with Gasteiger partial charge in [-0.3, -0.25) is 4.79 Å². The highest BCUT2D eigenvalue weighted by Gasteiger charge is 2.28. The van der Waals surface area contributed by atoms with Crippen LogP contribution in [0.15, 0.2) is 30.5 Å². The maximum Gasteiger partial charge on any atom is 0.256 e. The number of hydrogen-bond acceptors (Lipinski definition) is 1. The largest absolute Gasteiger partial charge is 0.361 e. The average molecular weight is 256 g/mol. The minimum Gasteiger partial charge on any atom is -0.361 e. The molecular formula is C16H20N2O. The molecule has 2 heterocycles. The number of carbonyl (C=O) groups is 1. The molecule has 3 heteroatoms. The molecule has 1 fully saturated rings. The lowest BCUT2D eigenvalue weighted by Crippen LogP contribution is -2.45. The second kappa shape index (κ2) is 4.72. The topological polar surface area (TPSA) is 36.1 Å². The number of carbonyl (C=O) groups excluding carboxylic acids is 1. The lowest BCUT2D eigenvalue weighted by atomic mass is 9.94. The molecule has 19 heavy (non-hydrogen) atoms. The van der Waals surface area contributed by atoms with Crippen LogP contribution < -0.4 is 0 Å². The van der Waals surface area contributed by atoms with Gasteiger partial charge in [0, 0.05) is 24.2 Å². The molecule has 0 saturated carbocycles. The van der Waals surface area contributed by atoms with E-state index in [0.29, 0.717) is 12.0 Å². The fraction of sp³-hybridized carbons (Fsp3) is 0.438. The van der Waals surface area contributed by atoms with Gasteiger partial charge in [-0.05, 0) is 37.8 Å². The quantitative estimate of drug-likeness (QED) is 0.833. The Hall–Kier alpha value is -1.77. The summed E-state index contributed by atoms with van der Waals surface area (Å²) in [5.41, 5.74) is 1.75. The van der Waals surface area contributed by atoms with E-state index in [0.717, 1.165) is 29.4 Å². The van der Waals surface area contributed by atoms with E-state index in [2.05, 4.69) is 18.8 Å². The van der Waals surface area contributed by atoms with Crippen molar-refractivity contribution in [2.75, 3.05) is 6.54 Å². The summed E-state index contributed by atoms with van der Waals surface area (Å²) in [4.78, 5) is 18.0. The van der Waals surface area contributed by atoms with Crippen molar-refractivity contribution in [2.45, 2.75) is 32.7 Å². The Labute approximate surface area is 113 Å². The van der Waals surface area contributed by atoms with Crippen molar-refractivity contribution in [3.8, 4) is 0 Å². The smallest absolute Gasteiger partial charge is 0.256 e.